The van der Waals surface area contributed by atoms with Gasteiger partial charge in [0.05, 0.1) is 25.6 Å². The number of carbonyl (C=O) groups excluding carboxylic acids is 1. The van der Waals surface area contributed by atoms with Crippen molar-refractivity contribution >= 4 is 23.2 Å². The molecule has 6 nitrogen and oxygen atoms in total. The van der Waals surface area contributed by atoms with E-state index in [-0.39, 0.29) is 5.91 Å². The van der Waals surface area contributed by atoms with Gasteiger partial charge < -0.3 is 14.8 Å². The van der Waals surface area contributed by atoms with Crippen LogP contribution in [0, 0.1) is 0 Å². The standard InChI is InChI=1S/C19H18ClN3O3/c1-23-17(11-16(22-23)12-5-4-6-13(20)9-12)19(24)21-15-8-7-14(25-2)10-18(15)26-3/h4-11H,1-3H3,(H,21,24). The molecule has 1 aromatic heterocycles. The molecule has 7 heteroatoms. The molecule has 1 N–H and O–H groups in total. The molecule has 0 aliphatic carbocycles. The first-order valence-electron chi connectivity index (χ1n) is 7.85. The first-order valence-corrected chi connectivity index (χ1v) is 8.23. The number of rotatable bonds is 5. The van der Waals surface area contributed by atoms with Gasteiger partial charge in [0.2, 0.25) is 0 Å². The lowest BCUT2D eigenvalue weighted by atomic mass is 10.1. The first kappa shape index (κ1) is 17.8. The largest absolute Gasteiger partial charge is 0.497 e. The summed E-state index contributed by atoms with van der Waals surface area (Å²) in [5.41, 5.74) is 2.47. The van der Waals surface area contributed by atoms with Crippen LogP contribution in [-0.2, 0) is 7.05 Å². The number of aromatic nitrogens is 2. The maximum Gasteiger partial charge on any atom is 0.274 e. The van der Waals surface area contributed by atoms with Gasteiger partial charge in [0.25, 0.3) is 5.91 Å². The van der Waals surface area contributed by atoms with Crippen LogP contribution in [0.1, 0.15) is 10.5 Å². The summed E-state index contributed by atoms with van der Waals surface area (Å²) in [6, 6.07) is 14.2. The van der Waals surface area contributed by atoms with E-state index in [0.29, 0.717) is 33.6 Å². The number of nitrogens with zero attached hydrogens (tertiary/aromatic N) is 2. The third kappa shape index (κ3) is 3.65. The van der Waals surface area contributed by atoms with Gasteiger partial charge in [-0.05, 0) is 30.3 Å². The van der Waals surface area contributed by atoms with Gasteiger partial charge in [0.1, 0.15) is 17.2 Å². The van der Waals surface area contributed by atoms with E-state index in [1.54, 1.807) is 50.6 Å². The van der Waals surface area contributed by atoms with Crippen molar-refractivity contribution in [1.82, 2.24) is 9.78 Å². The van der Waals surface area contributed by atoms with Crippen molar-refractivity contribution in [3.63, 3.8) is 0 Å². The van der Waals surface area contributed by atoms with Gasteiger partial charge >= 0.3 is 0 Å². The number of hydrogen-bond donors (Lipinski definition) is 1. The molecule has 1 amide bonds. The summed E-state index contributed by atoms with van der Waals surface area (Å²) in [5, 5.41) is 7.85. The van der Waals surface area contributed by atoms with E-state index in [9.17, 15) is 4.79 Å². The Morgan fingerprint density at radius 2 is 1.92 bits per heavy atom. The van der Waals surface area contributed by atoms with E-state index >= 15 is 0 Å². The number of nitrogens with one attached hydrogen (secondary N) is 1. The zero-order chi connectivity index (χ0) is 18.7. The second kappa shape index (κ2) is 7.49. The number of benzene rings is 2. The number of amides is 1. The molecule has 0 bridgehead atoms. The highest BCUT2D eigenvalue weighted by atomic mass is 35.5. The van der Waals surface area contributed by atoms with Gasteiger partial charge in [-0.3, -0.25) is 9.48 Å². The molecule has 26 heavy (non-hydrogen) atoms. The summed E-state index contributed by atoms with van der Waals surface area (Å²) in [6.45, 7) is 0. The summed E-state index contributed by atoms with van der Waals surface area (Å²) in [6.07, 6.45) is 0. The maximum absolute atomic E-state index is 12.7. The fourth-order valence-corrected chi connectivity index (χ4v) is 2.75. The number of aryl methyl sites for hydroxylation is 1. The second-order valence-electron chi connectivity index (χ2n) is 5.57. The maximum atomic E-state index is 12.7. The summed E-state index contributed by atoms with van der Waals surface area (Å²) in [5.74, 6) is 0.857. The zero-order valence-electron chi connectivity index (χ0n) is 14.6. The van der Waals surface area contributed by atoms with Crippen LogP contribution >= 0.6 is 11.6 Å². The van der Waals surface area contributed by atoms with Crippen LogP contribution in [0.15, 0.2) is 48.5 Å². The molecule has 0 radical (unpaired) electrons. The highest BCUT2D eigenvalue weighted by Crippen LogP contribution is 2.30. The van der Waals surface area contributed by atoms with E-state index in [2.05, 4.69) is 10.4 Å². The predicted molar refractivity (Wildman–Crippen MR) is 101 cm³/mol. The third-order valence-corrected chi connectivity index (χ3v) is 4.12. The van der Waals surface area contributed by atoms with E-state index < -0.39 is 0 Å². The van der Waals surface area contributed by atoms with Crippen LogP contribution in [-0.4, -0.2) is 29.9 Å². The molecular weight excluding hydrogens is 354 g/mol. The first-order chi connectivity index (χ1) is 12.5. The lowest BCUT2D eigenvalue weighted by Crippen LogP contribution is -2.16. The average Bonchev–Trinajstić information content (AvgIpc) is 3.04. The van der Waals surface area contributed by atoms with Crippen LogP contribution < -0.4 is 14.8 Å². The van der Waals surface area contributed by atoms with Gasteiger partial charge in [0.15, 0.2) is 0 Å². The van der Waals surface area contributed by atoms with E-state index in [1.807, 2.05) is 12.1 Å². The topological polar surface area (TPSA) is 65.4 Å². The van der Waals surface area contributed by atoms with E-state index in [1.165, 1.54) is 11.8 Å². The quantitative estimate of drug-likeness (QED) is 0.736. The van der Waals surface area contributed by atoms with Crippen molar-refractivity contribution in [2.45, 2.75) is 0 Å². The van der Waals surface area contributed by atoms with Gasteiger partial charge in [-0.15, -0.1) is 0 Å². The SMILES string of the molecule is COc1ccc(NC(=O)c2cc(-c3cccc(Cl)c3)nn2C)c(OC)c1. The molecule has 0 atom stereocenters. The lowest BCUT2D eigenvalue weighted by Gasteiger charge is -2.11. The minimum absolute atomic E-state index is 0.295. The second-order valence-corrected chi connectivity index (χ2v) is 6.01. The van der Waals surface area contributed by atoms with Crippen LogP contribution in [0.3, 0.4) is 0 Å². The van der Waals surface area contributed by atoms with E-state index in [4.69, 9.17) is 21.1 Å². The number of hydrogen-bond acceptors (Lipinski definition) is 4. The monoisotopic (exact) mass is 371 g/mol. The van der Waals surface area contributed by atoms with Crippen molar-refractivity contribution in [3.8, 4) is 22.8 Å². The molecule has 0 aliphatic rings. The normalized spacial score (nSPS) is 10.5. The molecule has 1 heterocycles. The summed E-state index contributed by atoms with van der Waals surface area (Å²) in [7, 11) is 4.82. The number of anilines is 1. The Balaban J connectivity index is 1.87. The number of methoxy groups -OCH3 is 2. The smallest absolute Gasteiger partial charge is 0.274 e. The molecular formula is C19H18ClN3O3. The molecule has 134 valence electrons. The Labute approximate surface area is 156 Å². The van der Waals surface area contributed by atoms with Gasteiger partial charge in [-0.2, -0.15) is 5.10 Å². The van der Waals surface area contributed by atoms with Gasteiger partial charge in [0, 0.05) is 23.7 Å². The van der Waals surface area contributed by atoms with Crippen LogP contribution in [0.2, 0.25) is 5.02 Å². The van der Waals surface area contributed by atoms with Gasteiger partial charge in [-0.25, -0.2) is 0 Å². The number of halogens is 1. The Morgan fingerprint density at radius 1 is 1.12 bits per heavy atom. The highest BCUT2D eigenvalue weighted by Gasteiger charge is 2.16. The Kier molecular flexibility index (Phi) is 5.14. The van der Waals surface area contributed by atoms with Crippen molar-refractivity contribution < 1.29 is 14.3 Å². The fraction of sp³-hybridized carbons (Fsp3) is 0.158. The Morgan fingerprint density at radius 3 is 2.62 bits per heavy atom. The molecule has 3 rings (SSSR count). The fourth-order valence-electron chi connectivity index (χ4n) is 2.56. The van der Waals surface area contributed by atoms with Crippen LogP contribution in [0.5, 0.6) is 11.5 Å². The Bertz CT molecular complexity index is 953. The third-order valence-electron chi connectivity index (χ3n) is 3.89. The van der Waals surface area contributed by atoms with Crippen molar-refractivity contribution in [2.75, 3.05) is 19.5 Å². The molecule has 0 spiro atoms. The van der Waals surface area contributed by atoms with Crippen molar-refractivity contribution in [1.29, 1.82) is 0 Å². The van der Waals surface area contributed by atoms with Crippen molar-refractivity contribution in [2.24, 2.45) is 7.05 Å². The predicted octanol–water partition coefficient (Wildman–Crippen LogP) is 4.01. The summed E-state index contributed by atoms with van der Waals surface area (Å²) >= 11 is 6.03. The molecule has 0 aliphatic heterocycles. The average molecular weight is 372 g/mol. The molecule has 0 saturated heterocycles. The molecule has 3 aromatic rings. The zero-order valence-corrected chi connectivity index (χ0v) is 15.4. The molecule has 0 fully saturated rings. The van der Waals surface area contributed by atoms with Crippen LogP contribution in [0.25, 0.3) is 11.3 Å². The molecule has 0 unspecified atom stereocenters. The van der Waals surface area contributed by atoms with Crippen LogP contribution in [0.4, 0.5) is 5.69 Å². The van der Waals surface area contributed by atoms with Crippen molar-refractivity contribution in [3.05, 3.63) is 59.2 Å². The van der Waals surface area contributed by atoms with E-state index in [0.717, 1.165) is 5.56 Å². The lowest BCUT2D eigenvalue weighted by molar-refractivity contribution is 0.101. The van der Waals surface area contributed by atoms with Gasteiger partial charge in [-0.1, -0.05) is 23.7 Å². The summed E-state index contributed by atoms with van der Waals surface area (Å²) in [4.78, 5) is 12.7. The minimum atomic E-state index is -0.295. The number of ether oxygens (including phenoxy) is 2. The molecule has 2 aromatic carbocycles. The molecule has 0 saturated carbocycles. The highest BCUT2D eigenvalue weighted by molar-refractivity contribution is 6.30. The Hall–Kier alpha value is -2.99. The number of carbonyl (C=O) groups is 1. The summed E-state index contributed by atoms with van der Waals surface area (Å²) < 4.78 is 12.0. The minimum Gasteiger partial charge on any atom is -0.497 e.